The lowest BCUT2D eigenvalue weighted by Crippen LogP contribution is -1.84. The molecule has 0 aliphatic heterocycles. The Morgan fingerprint density at radius 1 is 1.60 bits per heavy atom. The van der Waals surface area contributed by atoms with Crippen LogP contribution in [-0.2, 0) is 6.42 Å². The molecule has 0 aliphatic rings. The van der Waals surface area contributed by atoms with Crippen LogP contribution in [0.1, 0.15) is 12.1 Å². The Kier molecular flexibility index (Phi) is 3.88. The maximum atomic E-state index is 4.26. The summed E-state index contributed by atoms with van der Waals surface area (Å²) >= 11 is 8.34. The molecule has 1 aromatic heterocycles. The van der Waals surface area contributed by atoms with Crippen LogP contribution >= 0.6 is 43.2 Å². The minimum Gasteiger partial charge on any atom is -0.234 e. The number of halogens is 2. The molecular weight excluding hydrogens is 278 g/mol. The third-order valence-corrected chi connectivity index (χ3v) is 3.06. The molecule has 0 amide bonds. The normalized spacial score (nSPS) is 10.2. The Hall–Kier alpha value is 0.590. The minimum absolute atomic E-state index is 0.983. The maximum absolute atomic E-state index is 4.26. The molecule has 56 valence electrons. The summed E-state index contributed by atoms with van der Waals surface area (Å²) in [7, 11) is 0. The van der Waals surface area contributed by atoms with Gasteiger partial charge in [-0.15, -0.1) is 11.3 Å². The van der Waals surface area contributed by atoms with Gasteiger partial charge in [0.2, 0.25) is 0 Å². The first-order valence-corrected chi connectivity index (χ1v) is 5.78. The van der Waals surface area contributed by atoms with E-state index in [1.54, 1.807) is 11.3 Å². The van der Waals surface area contributed by atoms with Gasteiger partial charge >= 0.3 is 0 Å². The van der Waals surface area contributed by atoms with Crippen LogP contribution in [0.15, 0.2) is 9.30 Å². The van der Waals surface area contributed by atoms with Crippen LogP contribution in [0.4, 0.5) is 0 Å². The van der Waals surface area contributed by atoms with Crippen LogP contribution in [0, 0.1) is 0 Å². The molecule has 1 rings (SSSR count). The van der Waals surface area contributed by atoms with Crippen LogP contribution in [0.2, 0.25) is 0 Å². The number of hydrogen-bond acceptors (Lipinski definition) is 2. The van der Waals surface area contributed by atoms with Gasteiger partial charge in [0, 0.05) is 10.7 Å². The fourth-order valence-corrected chi connectivity index (χ4v) is 2.01. The molecular formula is C6H7Br2NS. The molecule has 1 nitrogen and oxygen atoms in total. The van der Waals surface area contributed by atoms with Crippen molar-refractivity contribution >= 4 is 43.2 Å². The highest BCUT2D eigenvalue weighted by molar-refractivity contribution is 9.11. The van der Waals surface area contributed by atoms with Gasteiger partial charge in [-0.3, -0.25) is 0 Å². The summed E-state index contributed by atoms with van der Waals surface area (Å²) in [5.41, 5.74) is 1.19. The summed E-state index contributed by atoms with van der Waals surface area (Å²) < 4.78 is 0.983. The number of rotatable bonds is 3. The molecule has 4 heteroatoms. The Balaban J connectivity index is 2.42. The Bertz CT molecular complexity index is 199. The fourth-order valence-electron chi connectivity index (χ4n) is 0.645. The SMILES string of the molecule is BrCCCc1csc(Br)n1. The van der Waals surface area contributed by atoms with Gasteiger partial charge in [0.1, 0.15) is 0 Å². The predicted octanol–water partition coefficient (Wildman–Crippen LogP) is 3.23. The van der Waals surface area contributed by atoms with Crippen LogP contribution in [-0.4, -0.2) is 10.3 Å². The number of alkyl halides is 1. The summed E-state index contributed by atoms with van der Waals surface area (Å²) in [6, 6.07) is 0. The van der Waals surface area contributed by atoms with Crippen molar-refractivity contribution in [1.29, 1.82) is 0 Å². The summed E-state index contributed by atoms with van der Waals surface area (Å²) in [5, 5.41) is 3.15. The minimum atomic E-state index is 0.983. The molecule has 0 spiro atoms. The predicted molar refractivity (Wildman–Crippen MR) is 51.9 cm³/mol. The monoisotopic (exact) mass is 283 g/mol. The maximum Gasteiger partial charge on any atom is 0.159 e. The first kappa shape index (κ1) is 8.68. The van der Waals surface area contributed by atoms with Gasteiger partial charge < -0.3 is 0 Å². The smallest absolute Gasteiger partial charge is 0.159 e. The third-order valence-electron chi connectivity index (χ3n) is 1.09. The van der Waals surface area contributed by atoms with Crippen molar-refractivity contribution in [3.63, 3.8) is 0 Å². The molecule has 0 bridgehead atoms. The van der Waals surface area contributed by atoms with Gasteiger partial charge in [-0.1, -0.05) is 15.9 Å². The molecule has 0 radical (unpaired) electrons. The zero-order valence-corrected chi connectivity index (χ0v) is 9.30. The first-order valence-electron chi connectivity index (χ1n) is 2.99. The van der Waals surface area contributed by atoms with Crippen LogP contribution in [0.5, 0.6) is 0 Å². The molecule has 0 saturated heterocycles. The molecule has 0 N–H and O–H groups in total. The first-order chi connectivity index (χ1) is 4.83. The van der Waals surface area contributed by atoms with E-state index < -0.39 is 0 Å². The third kappa shape index (κ3) is 2.68. The summed E-state index contributed by atoms with van der Waals surface area (Å²) in [5.74, 6) is 0. The summed E-state index contributed by atoms with van der Waals surface area (Å²) in [6.07, 6.45) is 2.24. The van der Waals surface area contributed by atoms with Crippen LogP contribution < -0.4 is 0 Å². The van der Waals surface area contributed by atoms with Crippen LogP contribution in [0.3, 0.4) is 0 Å². The lowest BCUT2D eigenvalue weighted by molar-refractivity contribution is 0.905. The van der Waals surface area contributed by atoms with Crippen molar-refractivity contribution in [3.05, 3.63) is 15.0 Å². The van der Waals surface area contributed by atoms with E-state index in [0.717, 1.165) is 22.1 Å². The van der Waals surface area contributed by atoms with Gasteiger partial charge in [-0.25, -0.2) is 4.98 Å². The zero-order chi connectivity index (χ0) is 7.40. The standard InChI is InChI=1S/C6H7Br2NS/c7-3-1-2-5-4-10-6(8)9-5/h4H,1-3H2. The molecule has 0 unspecified atom stereocenters. The highest BCUT2D eigenvalue weighted by Crippen LogP contribution is 2.16. The van der Waals surface area contributed by atoms with E-state index in [0.29, 0.717) is 0 Å². The quantitative estimate of drug-likeness (QED) is 0.777. The Labute approximate surface area is 81.1 Å². The number of aromatic nitrogens is 1. The van der Waals surface area contributed by atoms with Gasteiger partial charge in [-0.2, -0.15) is 0 Å². The number of thiazole rings is 1. The second-order valence-electron chi connectivity index (χ2n) is 1.88. The fraction of sp³-hybridized carbons (Fsp3) is 0.500. The van der Waals surface area contributed by atoms with Gasteiger partial charge in [0.15, 0.2) is 3.92 Å². The highest BCUT2D eigenvalue weighted by Gasteiger charge is 1.96. The highest BCUT2D eigenvalue weighted by atomic mass is 79.9. The van der Waals surface area contributed by atoms with Crippen molar-refractivity contribution in [2.45, 2.75) is 12.8 Å². The molecule has 0 aliphatic carbocycles. The molecule has 0 saturated carbocycles. The number of aryl methyl sites for hydroxylation is 1. The second kappa shape index (κ2) is 4.46. The zero-order valence-electron chi connectivity index (χ0n) is 5.31. The molecule has 0 aromatic carbocycles. The number of hydrogen-bond donors (Lipinski definition) is 0. The van der Waals surface area contributed by atoms with Crippen molar-refractivity contribution in [2.24, 2.45) is 0 Å². The number of nitrogens with zero attached hydrogens (tertiary/aromatic N) is 1. The molecule has 0 atom stereocenters. The van der Waals surface area contributed by atoms with Crippen molar-refractivity contribution in [2.75, 3.05) is 5.33 Å². The largest absolute Gasteiger partial charge is 0.234 e. The van der Waals surface area contributed by atoms with E-state index >= 15 is 0 Å². The van der Waals surface area contributed by atoms with Crippen molar-refractivity contribution < 1.29 is 0 Å². The second-order valence-corrected chi connectivity index (χ2v) is 4.81. The van der Waals surface area contributed by atoms with Crippen molar-refractivity contribution in [1.82, 2.24) is 4.98 Å². The van der Waals surface area contributed by atoms with E-state index in [4.69, 9.17) is 0 Å². The van der Waals surface area contributed by atoms with Crippen LogP contribution in [0.25, 0.3) is 0 Å². The average molecular weight is 285 g/mol. The lowest BCUT2D eigenvalue weighted by Gasteiger charge is -1.89. The van der Waals surface area contributed by atoms with E-state index in [9.17, 15) is 0 Å². The topological polar surface area (TPSA) is 12.9 Å². The van der Waals surface area contributed by atoms with Gasteiger partial charge in [-0.05, 0) is 28.8 Å². The molecule has 1 heterocycles. The van der Waals surface area contributed by atoms with Crippen molar-refractivity contribution in [3.8, 4) is 0 Å². The Morgan fingerprint density at radius 2 is 2.40 bits per heavy atom. The summed E-state index contributed by atoms with van der Waals surface area (Å²) in [6.45, 7) is 0. The molecule has 10 heavy (non-hydrogen) atoms. The molecule has 1 aromatic rings. The molecule has 0 fully saturated rings. The van der Waals surface area contributed by atoms with Gasteiger partial charge in [0.05, 0.1) is 5.69 Å². The van der Waals surface area contributed by atoms with E-state index in [1.165, 1.54) is 5.69 Å². The van der Waals surface area contributed by atoms with E-state index in [2.05, 4.69) is 42.2 Å². The van der Waals surface area contributed by atoms with E-state index in [1.807, 2.05) is 0 Å². The lowest BCUT2D eigenvalue weighted by atomic mass is 10.3. The van der Waals surface area contributed by atoms with Gasteiger partial charge in [0.25, 0.3) is 0 Å². The average Bonchev–Trinajstić information content (AvgIpc) is 2.31. The Morgan fingerprint density at radius 3 is 2.90 bits per heavy atom. The van der Waals surface area contributed by atoms with E-state index in [-0.39, 0.29) is 0 Å². The summed E-state index contributed by atoms with van der Waals surface area (Å²) in [4.78, 5) is 4.26.